The SMILES string of the molecule is COc1ccc(-n2c(SCC(=O)Nc3cccc(C)c3C)nc3ccccc3c2=O)cc1Cl. The summed E-state index contributed by atoms with van der Waals surface area (Å²) in [5.74, 6) is 0.405. The Morgan fingerprint density at radius 3 is 2.67 bits per heavy atom. The lowest BCUT2D eigenvalue weighted by Gasteiger charge is -2.15. The summed E-state index contributed by atoms with van der Waals surface area (Å²) >= 11 is 7.51. The van der Waals surface area contributed by atoms with E-state index < -0.39 is 0 Å². The summed E-state index contributed by atoms with van der Waals surface area (Å²) in [6.07, 6.45) is 0. The smallest absolute Gasteiger partial charge is 0.266 e. The number of thioether (sulfide) groups is 1. The summed E-state index contributed by atoms with van der Waals surface area (Å²) in [6, 6.07) is 18.0. The second-order valence-corrected chi connectivity index (χ2v) is 8.80. The summed E-state index contributed by atoms with van der Waals surface area (Å²) in [4.78, 5) is 30.7. The van der Waals surface area contributed by atoms with Gasteiger partial charge in [0.15, 0.2) is 5.16 Å². The molecule has 168 valence electrons. The van der Waals surface area contributed by atoms with Gasteiger partial charge in [-0.3, -0.25) is 14.2 Å². The molecular formula is C25H22ClN3O3S. The van der Waals surface area contributed by atoms with Crippen molar-refractivity contribution < 1.29 is 9.53 Å². The highest BCUT2D eigenvalue weighted by molar-refractivity contribution is 7.99. The summed E-state index contributed by atoms with van der Waals surface area (Å²) < 4.78 is 6.70. The van der Waals surface area contributed by atoms with Gasteiger partial charge in [0.2, 0.25) is 5.91 Å². The maximum atomic E-state index is 13.4. The topological polar surface area (TPSA) is 73.2 Å². The van der Waals surface area contributed by atoms with Gasteiger partial charge in [0.05, 0.1) is 34.5 Å². The van der Waals surface area contributed by atoms with Crippen LogP contribution >= 0.6 is 23.4 Å². The van der Waals surface area contributed by atoms with E-state index in [1.54, 1.807) is 36.4 Å². The van der Waals surface area contributed by atoms with Gasteiger partial charge in [-0.15, -0.1) is 0 Å². The Kier molecular flexibility index (Phi) is 6.72. The van der Waals surface area contributed by atoms with Crippen LogP contribution in [0.1, 0.15) is 11.1 Å². The van der Waals surface area contributed by atoms with Crippen molar-refractivity contribution in [2.45, 2.75) is 19.0 Å². The van der Waals surface area contributed by atoms with E-state index in [-0.39, 0.29) is 17.2 Å². The number of halogens is 1. The van der Waals surface area contributed by atoms with Gasteiger partial charge < -0.3 is 10.1 Å². The number of hydrogen-bond donors (Lipinski definition) is 1. The highest BCUT2D eigenvalue weighted by atomic mass is 35.5. The van der Waals surface area contributed by atoms with Crippen molar-refractivity contribution in [1.82, 2.24) is 9.55 Å². The summed E-state index contributed by atoms with van der Waals surface area (Å²) in [5.41, 5.74) is 3.76. The molecule has 0 fully saturated rings. The van der Waals surface area contributed by atoms with Crippen molar-refractivity contribution in [2.24, 2.45) is 0 Å². The van der Waals surface area contributed by atoms with Crippen molar-refractivity contribution in [3.8, 4) is 11.4 Å². The van der Waals surface area contributed by atoms with E-state index in [9.17, 15) is 9.59 Å². The van der Waals surface area contributed by atoms with Crippen LogP contribution in [0.2, 0.25) is 5.02 Å². The molecule has 4 aromatic rings. The number of nitrogens with one attached hydrogen (secondary N) is 1. The Morgan fingerprint density at radius 1 is 1.12 bits per heavy atom. The van der Waals surface area contributed by atoms with Gasteiger partial charge in [-0.1, -0.05) is 47.6 Å². The number of benzene rings is 3. The average Bonchev–Trinajstić information content (AvgIpc) is 2.81. The van der Waals surface area contributed by atoms with Crippen molar-refractivity contribution in [2.75, 3.05) is 18.2 Å². The second-order valence-electron chi connectivity index (χ2n) is 7.46. The first kappa shape index (κ1) is 22.9. The first-order chi connectivity index (χ1) is 15.9. The number of ether oxygens (including phenoxy) is 1. The van der Waals surface area contributed by atoms with Crippen LogP contribution in [-0.4, -0.2) is 28.3 Å². The van der Waals surface area contributed by atoms with Crippen LogP contribution in [0.3, 0.4) is 0 Å². The Labute approximate surface area is 200 Å². The van der Waals surface area contributed by atoms with Crippen LogP contribution in [0.25, 0.3) is 16.6 Å². The van der Waals surface area contributed by atoms with Gasteiger partial charge in [-0.05, 0) is 61.4 Å². The maximum absolute atomic E-state index is 13.4. The van der Waals surface area contributed by atoms with E-state index in [0.717, 1.165) is 16.8 Å². The maximum Gasteiger partial charge on any atom is 0.266 e. The predicted octanol–water partition coefficient (Wildman–Crippen LogP) is 5.40. The fourth-order valence-corrected chi connectivity index (χ4v) is 4.50. The van der Waals surface area contributed by atoms with E-state index in [1.807, 2.05) is 38.1 Å². The summed E-state index contributed by atoms with van der Waals surface area (Å²) in [6.45, 7) is 3.96. The minimum Gasteiger partial charge on any atom is -0.495 e. The molecule has 0 saturated carbocycles. The molecular weight excluding hydrogens is 458 g/mol. The van der Waals surface area contributed by atoms with Gasteiger partial charge in [0, 0.05) is 5.69 Å². The van der Waals surface area contributed by atoms with Crippen LogP contribution in [-0.2, 0) is 4.79 Å². The van der Waals surface area contributed by atoms with E-state index >= 15 is 0 Å². The molecule has 0 aliphatic carbocycles. The van der Waals surface area contributed by atoms with Gasteiger partial charge in [-0.2, -0.15) is 0 Å². The Bertz CT molecular complexity index is 1420. The number of aromatic nitrogens is 2. The zero-order chi connectivity index (χ0) is 23.5. The zero-order valence-electron chi connectivity index (χ0n) is 18.4. The lowest BCUT2D eigenvalue weighted by atomic mass is 10.1. The molecule has 0 aliphatic heterocycles. The standard InChI is InChI=1S/C25H22ClN3O3S/c1-15-7-6-10-20(16(15)2)27-23(30)14-33-25-28-21-9-5-4-8-18(21)24(31)29(25)17-11-12-22(32-3)19(26)13-17/h4-13H,14H2,1-3H3,(H,27,30). The number of methoxy groups -OCH3 is 1. The van der Waals surface area contributed by atoms with Crippen LogP contribution in [0.15, 0.2) is 70.6 Å². The van der Waals surface area contributed by atoms with Crippen LogP contribution in [0.4, 0.5) is 5.69 Å². The number of aryl methyl sites for hydroxylation is 1. The molecule has 0 radical (unpaired) electrons. The third-order valence-corrected chi connectivity index (χ3v) is 6.58. The molecule has 4 rings (SSSR count). The number of fused-ring (bicyclic) bond motifs is 1. The largest absolute Gasteiger partial charge is 0.495 e. The molecule has 0 atom stereocenters. The van der Waals surface area contributed by atoms with E-state index in [2.05, 4.69) is 10.3 Å². The molecule has 0 spiro atoms. The van der Waals surface area contributed by atoms with E-state index in [4.69, 9.17) is 16.3 Å². The van der Waals surface area contributed by atoms with Gasteiger partial charge in [-0.25, -0.2) is 4.98 Å². The highest BCUT2D eigenvalue weighted by Gasteiger charge is 2.16. The first-order valence-electron chi connectivity index (χ1n) is 10.2. The van der Waals surface area contributed by atoms with Crippen molar-refractivity contribution in [3.63, 3.8) is 0 Å². The first-order valence-corrected chi connectivity index (χ1v) is 11.6. The van der Waals surface area contributed by atoms with Crippen molar-refractivity contribution >= 4 is 45.9 Å². The Hall–Kier alpha value is -3.29. The van der Waals surface area contributed by atoms with Crippen LogP contribution in [0, 0.1) is 13.8 Å². The fraction of sp³-hybridized carbons (Fsp3) is 0.160. The Morgan fingerprint density at radius 2 is 1.91 bits per heavy atom. The number of rotatable bonds is 6. The minimum atomic E-state index is -0.237. The van der Waals surface area contributed by atoms with Gasteiger partial charge in [0.1, 0.15) is 5.75 Å². The van der Waals surface area contributed by atoms with Crippen LogP contribution in [0.5, 0.6) is 5.75 Å². The second kappa shape index (κ2) is 9.68. The molecule has 1 heterocycles. The molecule has 8 heteroatoms. The molecule has 1 amide bonds. The lowest BCUT2D eigenvalue weighted by molar-refractivity contribution is -0.113. The molecule has 33 heavy (non-hydrogen) atoms. The number of amides is 1. The minimum absolute atomic E-state index is 0.0854. The highest BCUT2D eigenvalue weighted by Crippen LogP contribution is 2.29. The summed E-state index contributed by atoms with van der Waals surface area (Å²) in [7, 11) is 1.53. The normalized spacial score (nSPS) is 10.9. The third kappa shape index (κ3) is 4.74. The number of anilines is 1. The number of hydrogen-bond acceptors (Lipinski definition) is 5. The number of carbonyl (C=O) groups is 1. The molecule has 0 unspecified atom stereocenters. The van der Waals surface area contributed by atoms with Crippen molar-refractivity contribution in [1.29, 1.82) is 0 Å². The number of carbonyl (C=O) groups excluding carboxylic acids is 1. The predicted molar refractivity (Wildman–Crippen MR) is 134 cm³/mol. The zero-order valence-corrected chi connectivity index (χ0v) is 20.0. The molecule has 0 bridgehead atoms. The molecule has 3 aromatic carbocycles. The number of para-hydroxylation sites is 1. The molecule has 1 N–H and O–H groups in total. The molecule has 0 saturated heterocycles. The number of nitrogens with zero attached hydrogens (tertiary/aromatic N) is 2. The van der Waals surface area contributed by atoms with Crippen LogP contribution < -0.4 is 15.6 Å². The van der Waals surface area contributed by atoms with E-state index in [1.165, 1.54) is 23.4 Å². The quantitative estimate of drug-likeness (QED) is 0.296. The Balaban J connectivity index is 1.70. The summed E-state index contributed by atoms with van der Waals surface area (Å²) in [5, 5.41) is 4.20. The van der Waals surface area contributed by atoms with Gasteiger partial charge >= 0.3 is 0 Å². The fourth-order valence-electron chi connectivity index (χ4n) is 3.43. The van der Waals surface area contributed by atoms with E-state index in [0.29, 0.717) is 32.5 Å². The average molecular weight is 480 g/mol. The van der Waals surface area contributed by atoms with Gasteiger partial charge in [0.25, 0.3) is 5.56 Å². The molecule has 0 aliphatic rings. The monoisotopic (exact) mass is 479 g/mol. The lowest BCUT2D eigenvalue weighted by Crippen LogP contribution is -2.23. The van der Waals surface area contributed by atoms with Crippen molar-refractivity contribution in [3.05, 3.63) is 87.2 Å². The molecule has 1 aromatic heterocycles. The third-order valence-electron chi connectivity index (χ3n) is 5.35. The molecule has 6 nitrogen and oxygen atoms in total.